The van der Waals surface area contributed by atoms with Crippen molar-refractivity contribution < 1.29 is 9.53 Å². The molecule has 1 saturated heterocycles. The van der Waals surface area contributed by atoms with Gasteiger partial charge in [0.15, 0.2) is 0 Å². The maximum Gasteiger partial charge on any atom is 0.410 e. The van der Waals surface area contributed by atoms with E-state index in [4.69, 9.17) is 4.74 Å². The highest BCUT2D eigenvalue weighted by atomic mass is 16.6. The summed E-state index contributed by atoms with van der Waals surface area (Å²) in [7, 11) is 0. The maximum atomic E-state index is 12.4. The average Bonchev–Trinajstić information content (AvgIpc) is 2.66. The quantitative estimate of drug-likeness (QED) is 0.739. The minimum Gasteiger partial charge on any atom is -0.445 e. The molecule has 3 aliphatic rings. The molecular weight excluding hydrogens is 338 g/mol. The highest BCUT2D eigenvalue weighted by molar-refractivity contribution is 5.95. The monoisotopic (exact) mass is 371 g/mol. The number of allylic oxidation sites excluding steroid dienone is 4. The molecule has 1 amide bonds. The van der Waals surface area contributed by atoms with E-state index in [1.54, 1.807) is 0 Å². The Morgan fingerprint density at radius 3 is 2.59 bits per heavy atom. The number of hydrazone groups is 1. The van der Waals surface area contributed by atoms with Gasteiger partial charge < -0.3 is 15.1 Å². The van der Waals surface area contributed by atoms with Crippen LogP contribution in [0.4, 0.5) is 4.79 Å². The number of hydrogen-bond acceptors (Lipinski definition) is 4. The second kappa shape index (κ2) is 8.32. The molecule has 0 radical (unpaired) electrons. The van der Waals surface area contributed by atoms with Crippen molar-refractivity contribution in [3.8, 4) is 0 Å². The van der Waals surface area contributed by atoms with E-state index in [0.717, 1.165) is 62.9 Å². The minimum absolute atomic E-state index is 0.00879. The molecule has 0 unspecified atom stereocenters. The fourth-order valence-corrected chi connectivity index (χ4v) is 3.71. The highest BCUT2D eigenvalue weighted by Gasteiger charge is 2.36. The summed E-state index contributed by atoms with van der Waals surface area (Å²) in [5.41, 5.74) is 5.63. The molecular formula is C22H33N3O2. The Hall–Kier alpha value is -2.04. The van der Waals surface area contributed by atoms with E-state index in [-0.39, 0.29) is 17.0 Å². The molecule has 0 aromatic carbocycles. The molecule has 1 fully saturated rings. The number of rotatable bonds is 3. The molecule has 0 aromatic heterocycles. The predicted octanol–water partition coefficient (Wildman–Crippen LogP) is 4.58. The van der Waals surface area contributed by atoms with Gasteiger partial charge in [-0.3, -0.25) is 0 Å². The molecule has 0 bridgehead atoms. The lowest BCUT2D eigenvalue weighted by Gasteiger charge is -2.41. The molecule has 3 rings (SSSR count). The van der Waals surface area contributed by atoms with Gasteiger partial charge in [0, 0.05) is 18.6 Å². The van der Waals surface area contributed by atoms with Crippen molar-refractivity contribution in [1.29, 1.82) is 0 Å². The van der Waals surface area contributed by atoms with Crippen LogP contribution in [0.5, 0.6) is 0 Å². The summed E-state index contributed by atoms with van der Waals surface area (Å²) < 4.78 is 5.50. The Labute approximate surface area is 163 Å². The van der Waals surface area contributed by atoms with Crippen molar-refractivity contribution in [2.24, 2.45) is 10.5 Å². The summed E-state index contributed by atoms with van der Waals surface area (Å²) in [5.74, 6) is 0. The molecule has 0 saturated carbocycles. The topological polar surface area (TPSA) is 53.9 Å². The van der Waals surface area contributed by atoms with Crippen molar-refractivity contribution >= 4 is 11.8 Å². The van der Waals surface area contributed by atoms with Gasteiger partial charge in [0.05, 0.1) is 5.71 Å². The van der Waals surface area contributed by atoms with Gasteiger partial charge in [-0.25, -0.2) is 4.79 Å². The van der Waals surface area contributed by atoms with Gasteiger partial charge in [-0.05, 0) is 76.4 Å². The first kappa shape index (κ1) is 19.7. The minimum atomic E-state index is -0.179. The first-order valence-corrected chi connectivity index (χ1v) is 10.2. The summed E-state index contributed by atoms with van der Waals surface area (Å²) >= 11 is 0. The van der Waals surface area contributed by atoms with Crippen LogP contribution in [-0.4, -0.2) is 41.9 Å². The zero-order chi connectivity index (χ0) is 19.3. The van der Waals surface area contributed by atoms with E-state index in [2.05, 4.69) is 61.7 Å². The summed E-state index contributed by atoms with van der Waals surface area (Å²) in [6.45, 7) is 8.26. The van der Waals surface area contributed by atoms with Gasteiger partial charge in [0.2, 0.25) is 0 Å². The molecule has 148 valence electrons. The Morgan fingerprint density at radius 1 is 1.22 bits per heavy atom. The number of nitrogens with one attached hydrogen (secondary N) is 1. The van der Waals surface area contributed by atoms with Gasteiger partial charge in [-0.1, -0.05) is 24.3 Å². The Kier molecular flexibility index (Phi) is 6.08. The van der Waals surface area contributed by atoms with Crippen LogP contribution >= 0.6 is 0 Å². The van der Waals surface area contributed by atoms with Crippen LogP contribution in [0.1, 0.15) is 59.3 Å². The van der Waals surface area contributed by atoms with Crippen LogP contribution in [0.15, 0.2) is 41.1 Å². The van der Waals surface area contributed by atoms with Crippen molar-refractivity contribution in [3.05, 3.63) is 36.0 Å². The molecule has 1 N–H and O–H groups in total. The number of ether oxygens (including phenoxy) is 1. The summed E-state index contributed by atoms with van der Waals surface area (Å²) in [6, 6.07) is 0. The first-order chi connectivity index (χ1) is 12.9. The second-order valence-corrected chi connectivity index (χ2v) is 8.96. The van der Waals surface area contributed by atoms with Crippen LogP contribution in [0.3, 0.4) is 0 Å². The van der Waals surface area contributed by atoms with Crippen LogP contribution in [0, 0.1) is 5.41 Å². The van der Waals surface area contributed by atoms with Gasteiger partial charge in [-0.2, -0.15) is 5.10 Å². The second-order valence-electron chi connectivity index (χ2n) is 8.96. The molecule has 2 aliphatic carbocycles. The lowest BCUT2D eigenvalue weighted by atomic mass is 9.71. The average molecular weight is 372 g/mol. The Bertz CT molecular complexity index is 660. The Balaban J connectivity index is 1.46. The third-order valence-electron chi connectivity index (χ3n) is 5.49. The van der Waals surface area contributed by atoms with E-state index in [1.807, 2.05) is 4.90 Å². The normalized spacial score (nSPS) is 23.4. The third-order valence-corrected chi connectivity index (χ3v) is 5.49. The van der Waals surface area contributed by atoms with Crippen LogP contribution in [-0.2, 0) is 4.74 Å². The SMILES string of the molecule is CC(C)(C)N/N=C1/C=CC2(CC1)CCN(C(=O)OCC1=CCCC=C1)CC2. The number of amides is 1. The summed E-state index contributed by atoms with van der Waals surface area (Å²) in [6.07, 6.45) is 16.9. The van der Waals surface area contributed by atoms with Crippen molar-refractivity contribution in [2.45, 2.75) is 64.8 Å². The fourth-order valence-electron chi connectivity index (χ4n) is 3.71. The van der Waals surface area contributed by atoms with E-state index in [9.17, 15) is 4.79 Å². The summed E-state index contributed by atoms with van der Waals surface area (Å²) in [5, 5.41) is 4.53. The molecule has 1 heterocycles. The largest absolute Gasteiger partial charge is 0.445 e. The van der Waals surface area contributed by atoms with E-state index >= 15 is 0 Å². The van der Waals surface area contributed by atoms with E-state index in [0.29, 0.717) is 6.61 Å². The van der Waals surface area contributed by atoms with Crippen molar-refractivity contribution in [1.82, 2.24) is 10.3 Å². The molecule has 5 nitrogen and oxygen atoms in total. The lowest BCUT2D eigenvalue weighted by molar-refractivity contribution is 0.0812. The summed E-state index contributed by atoms with van der Waals surface area (Å²) in [4.78, 5) is 14.2. The Morgan fingerprint density at radius 2 is 2.00 bits per heavy atom. The zero-order valence-electron chi connectivity index (χ0n) is 17.0. The number of likely N-dealkylation sites (tertiary alicyclic amines) is 1. The van der Waals surface area contributed by atoms with E-state index in [1.165, 1.54) is 0 Å². The smallest absolute Gasteiger partial charge is 0.410 e. The van der Waals surface area contributed by atoms with Gasteiger partial charge in [-0.15, -0.1) is 0 Å². The molecule has 0 atom stereocenters. The number of hydrogen-bond donors (Lipinski definition) is 1. The van der Waals surface area contributed by atoms with Gasteiger partial charge in [0.25, 0.3) is 0 Å². The number of carbonyl (C=O) groups excluding carboxylic acids is 1. The van der Waals surface area contributed by atoms with Crippen molar-refractivity contribution in [3.63, 3.8) is 0 Å². The first-order valence-electron chi connectivity index (χ1n) is 10.2. The van der Waals surface area contributed by atoms with Crippen LogP contribution < -0.4 is 5.43 Å². The van der Waals surface area contributed by atoms with Gasteiger partial charge >= 0.3 is 6.09 Å². The standard InChI is InChI=1S/C22H33N3O2/c1-21(2,3)24-23-19-9-11-22(12-10-19)13-15-25(16-14-22)20(26)27-17-18-7-5-4-6-8-18/h5,7-9,11,24H,4,6,10,12-17H2,1-3H3/b23-19-. The third kappa shape index (κ3) is 5.72. The van der Waals surface area contributed by atoms with Gasteiger partial charge in [0.1, 0.15) is 6.61 Å². The number of piperidine rings is 1. The molecule has 27 heavy (non-hydrogen) atoms. The maximum absolute atomic E-state index is 12.4. The molecule has 1 spiro atoms. The zero-order valence-corrected chi connectivity index (χ0v) is 17.0. The molecule has 1 aliphatic heterocycles. The number of nitrogens with zero attached hydrogens (tertiary/aromatic N) is 2. The highest BCUT2D eigenvalue weighted by Crippen LogP contribution is 2.40. The van der Waals surface area contributed by atoms with Crippen molar-refractivity contribution in [2.75, 3.05) is 19.7 Å². The fraction of sp³-hybridized carbons (Fsp3) is 0.636. The van der Waals surface area contributed by atoms with Crippen LogP contribution in [0.25, 0.3) is 0 Å². The van der Waals surface area contributed by atoms with E-state index < -0.39 is 0 Å². The molecule has 0 aromatic rings. The van der Waals surface area contributed by atoms with Crippen LogP contribution in [0.2, 0.25) is 0 Å². The number of carbonyl (C=O) groups is 1. The predicted molar refractivity (Wildman–Crippen MR) is 110 cm³/mol. The lowest BCUT2D eigenvalue weighted by Crippen LogP contribution is -2.43. The molecule has 5 heteroatoms.